The van der Waals surface area contributed by atoms with Crippen LogP contribution in [0.15, 0.2) is 0 Å². The van der Waals surface area contributed by atoms with E-state index in [-0.39, 0.29) is 18.1 Å². The van der Waals surface area contributed by atoms with E-state index in [0.717, 1.165) is 12.5 Å². The van der Waals surface area contributed by atoms with E-state index in [1.54, 1.807) is 0 Å². The molecule has 100 valence electrons. The highest BCUT2D eigenvalue weighted by atomic mass is 16.5. The molecule has 17 heavy (non-hydrogen) atoms. The topological polar surface area (TPSA) is 38.3 Å². The molecule has 3 heteroatoms. The van der Waals surface area contributed by atoms with Gasteiger partial charge in [-0.2, -0.15) is 0 Å². The number of carbonyl (C=O) groups is 1. The maximum Gasteiger partial charge on any atom is 0.246 e. The van der Waals surface area contributed by atoms with Gasteiger partial charge < -0.3 is 10.1 Å². The van der Waals surface area contributed by atoms with E-state index >= 15 is 0 Å². The van der Waals surface area contributed by atoms with Crippen molar-refractivity contribution in [1.82, 2.24) is 5.32 Å². The second-order valence-corrected chi connectivity index (χ2v) is 6.23. The summed E-state index contributed by atoms with van der Waals surface area (Å²) in [5.41, 5.74) is -0.241. The molecule has 3 nitrogen and oxygen atoms in total. The first kappa shape index (κ1) is 14.5. The van der Waals surface area contributed by atoms with Gasteiger partial charge in [-0.25, -0.2) is 0 Å². The molecule has 0 bridgehead atoms. The molecule has 0 aromatic carbocycles. The van der Waals surface area contributed by atoms with Crippen molar-refractivity contribution < 1.29 is 9.53 Å². The summed E-state index contributed by atoms with van der Waals surface area (Å²) in [5, 5.41) is 2.99. The first-order valence-electron chi connectivity index (χ1n) is 6.79. The van der Waals surface area contributed by atoms with Crippen LogP contribution in [-0.4, -0.2) is 24.7 Å². The second-order valence-electron chi connectivity index (χ2n) is 6.23. The lowest BCUT2D eigenvalue weighted by atomic mass is 9.80. The molecule has 0 radical (unpaired) electrons. The van der Waals surface area contributed by atoms with Gasteiger partial charge in [0, 0.05) is 6.54 Å². The van der Waals surface area contributed by atoms with Gasteiger partial charge in [0.25, 0.3) is 0 Å². The van der Waals surface area contributed by atoms with Crippen molar-refractivity contribution in [2.75, 3.05) is 13.2 Å². The van der Waals surface area contributed by atoms with E-state index in [0.29, 0.717) is 5.92 Å². The van der Waals surface area contributed by atoms with Crippen LogP contribution < -0.4 is 5.32 Å². The van der Waals surface area contributed by atoms with Crippen LogP contribution in [-0.2, 0) is 9.53 Å². The fourth-order valence-electron chi connectivity index (χ4n) is 2.27. The Hall–Kier alpha value is -0.570. The number of carbonyl (C=O) groups excluding carboxylic acids is 1. The molecular weight excluding hydrogens is 214 g/mol. The number of ether oxygens (including phenoxy) is 1. The molecule has 2 unspecified atom stereocenters. The molecule has 1 saturated carbocycles. The highest BCUT2D eigenvalue weighted by molar-refractivity contribution is 5.77. The zero-order valence-electron chi connectivity index (χ0n) is 11.7. The third-order valence-corrected chi connectivity index (χ3v) is 3.49. The Kier molecular flexibility index (Phi) is 5.44. The largest absolute Gasteiger partial charge is 0.366 e. The van der Waals surface area contributed by atoms with E-state index in [1.165, 1.54) is 25.7 Å². The summed E-state index contributed by atoms with van der Waals surface area (Å²) in [6, 6.07) is 0. The standard InChI is InChI=1S/C14H27NO2/c1-11-7-5-6-8-12(11)9-15-13(16)10-17-14(2,3)4/h11-12H,5-10H2,1-4H3,(H,15,16). The normalized spacial score (nSPS) is 25.6. The van der Waals surface area contributed by atoms with E-state index in [2.05, 4.69) is 12.2 Å². The zero-order chi connectivity index (χ0) is 12.9. The van der Waals surface area contributed by atoms with Gasteiger partial charge in [-0.05, 0) is 39.0 Å². The molecule has 1 fully saturated rings. The van der Waals surface area contributed by atoms with Gasteiger partial charge in [0.2, 0.25) is 5.91 Å². The lowest BCUT2D eigenvalue weighted by Crippen LogP contribution is -2.37. The van der Waals surface area contributed by atoms with Crippen molar-refractivity contribution in [3.8, 4) is 0 Å². The lowest BCUT2D eigenvalue weighted by molar-refractivity contribution is -0.130. The number of hydrogen-bond donors (Lipinski definition) is 1. The van der Waals surface area contributed by atoms with E-state index in [1.807, 2.05) is 20.8 Å². The Morgan fingerprint density at radius 2 is 1.94 bits per heavy atom. The third kappa shape index (κ3) is 6.06. The average molecular weight is 241 g/mol. The molecule has 0 heterocycles. The molecule has 0 aliphatic heterocycles. The molecule has 0 spiro atoms. The van der Waals surface area contributed by atoms with Crippen LogP contribution in [0.25, 0.3) is 0 Å². The highest BCUT2D eigenvalue weighted by Crippen LogP contribution is 2.28. The van der Waals surface area contributed by atoms with Crippen LogP contribution in [0.1, 0.15) is 53.4 Å². The van der Waals surface area contributed by atoms with E-state index < -0.39 is 0 Å². The Bertz CT molecular complexity index is 245. The van der Waals surface area contributed by atoms with Crippen molar-refractivity contribution in [2.45, 2.75) is 59.0 Å². The molecule has 1 rings (SSSR count). The first-order valence-corrected chi connectivity index (χ1v) is 6.79. The van der Waals surface area contributed by atoms with Crippen LogP contribution in [0.3, 0.4) is 0 Å². The summed E-state index contributed by atoms with van der Waals surface area (Å²) in [4.78, 5) is 11.6. The minimum atomic E-state index is -0.241. The molecule has 0 saturated heterocycles. The lowest BCUT2D eigenvalue weighted by Gasteiger charge is -2.29. The van der Waals surface area contributed by atoms with Crippen molar-refractivity contribution >= 4 is 5.91 Å². The Labute approximate surface area is 105 Å². The molecular formula is C14H27NO2. The van der Waals surface area contributed by atoms with Gasteiger partial charge in [-0.3, -0.25) is 4.79 Å². The Morgan fingerprint density at radius 3 is 2.53 bits per heavy atom. The van der Waals surface area contributed by atoms with Gasteiger partial charge in [0.05, 0.1) is 5.60 Å². The van der Waals surface area contributed by atoms with Crippen LogP contribution in [0.4, 0.5) is 0 Å². The maximum absolute atomic E-state index is 11.6. The monoisotopic (exact) mass is 241 g/mol. The van der Waals surface area contributed by atoms with E-state index in [4.69, 9.17) is 4.74 Å². The molecule has 1 N–H and O–H groups in total. The van der Waals surface area contributed by atoms with Crippen molar-refractivity contribution in [2.24, 2.45) is 11.8 Å². The van der Waals surface area contributed by atoms with Gasteiger partial charge >= 0.3 is 0 Å². The van der Waals surface area contributed by atoms with Crippen LogP contribution in [0.5, 0.6) is 0 Å². The van der Waals surface area contributed by atoms with Gasteiger partial charge in [-0.1, -0.05) is 26.2 Å². The van der Waals surface area contributed by atoms with Crippen molar-refractivity contribution in [3.05, 3.63) is 0 Å². The molecule has 1 amide bonds. The van der Waals surface area contributed by atoms with Crippen LogP contribution >= 0.6 is 0 Å². The van der Waals surface area contributed by atoms with Gasteiger partial charge in [0.15, 0.2) is 0 Å². The zero-order valence-corrected chi connectivity index (χ0v) is 11.7. The molecule has 1 aliphatic carbocycles. The number of rotatable bonds is 4. The summed E-state index contributed by atoms with van der Waals surface area (Å²) in [6.45, 7) is 9.16. The SMILES string of the molecule is CC1CCCCC1CNC(=O)COC(C)(C)C. The number of nitrogens with one attached hydrogen (secondary N) is 1. The van der Waals surface area contributed by atoms with Crippen molar-refractivity contribution in [1.29, 1.82) is 0 Å². The summed E-state index contributed by atoms with van der Waals surface area (Å²) < 4.78 is 5.45. The summed E-state index contributed by atoms with van der Waals surface area (Å²) >= 11 is 0. The third-order valence-electron chi connectivity index (χ3n) is 3.49. The van der Waals surface area contributed by atoms with Crippen LogP contribution in [0.2, 0.25) is 0 Å². The fraction of sp³-hybridized carbons (Fsp3) is 0.929. The van der Waals surface area contributed by atoms with Crippen LogP contribution in [0, 0.1) is 11.8 Å². The van der Waals surface area contributed by atoms with E-state index in [9.17, 15) is 4.79 Å². The summed E-state index contributed by atoms with van der Waals surface area (Å²) in [5.74, 6) is 1.41. The van der Waals surface area contributed by atoms with Crippen molar-refractivity contribution in [3.63, 3.8) is 0 Å². The second kappa shape index (κ2) is 6.39. The fourth-order valence-corrected chi connectivity index (χ4v) is 2.27. The quantitative estimate of drug-likeness (QED) is 0.822. The summed E-state index contributed by atoms with van der Waals surface area (Å²) in [7, 11) is 0. The first-order chi connectivity index (χ1) is 7.88. The Balaban J connectivity index is 2.19. The summed E-state index contributed by atoms with van der Waals surface area (Å²) in [6.07, 6.45) is 5.21. The molecule has 0 aromatic rings. The minimum Gasteiger partial charge on any atom is -0.366 e. The molecule has 2 atom stereocenters. The van der Waals surface area contributed by atoms with Gasteiger partial charge in [-0.15, -0.1) is 0 Å². The smallest absolute Gasteiger partial charge is 0.246 e. The average Bonchev–Trinajstić information content (AvgIpc) is 2.24. The molecule has 1 aliphatic rings. The predicted octanol–water partition coefficient (Wildman–Crippen LogP) is 2.74. The van der Waals surface area contributed by atoms with Gasteiger partial charge in [0.1, 0.15) is 6.61 Å². The highest BCUT2D eigenvalue weighted by Gasteiger charge is 2.21. The minimum absolute atomic E-state index is 0.0118. The number of amides is 1. The number of hydrogen-bond acceptors (Lipinski definition) is 2. The molecule has 0 aromatic heterocycles. The Morgan fingerprint density at radius 1 is 1.29 bits per heavy atom. The maximum atomic E-state index is 11.6. The predicted molar refractivity (Wildman–Crippen MR) is 69.8 cm³/mol.